The predicted molar refractivity (Wildman–Crippen MR) is 97.8 cm³/mol. The van der Waals surface area contributed by atoms with Gasteiger partial charge in [0.25, 0.3) is 11.8 Å². The zero-order valence-corrected chi connectivity index (χ0v) is 14.9. The van der Waals surface area contributed by atoms with E-state index >= 15 is 0 Å². The maximum absolute atomic E-state index is 12.0. The van der Waals surface area contributed by atoms with Crippen molar-refractivity contribution in [2.75, 3.05) is 23.7 Å². The molecule has 0 aliphatic carbocycles. The van der Waals surface area contributed by atoms with Gasteiger partial charge in [-0.25, -0.2) is 0 Å². The summed E-state index contributed by atoms with van der Waals surface area (Å²) in [5.74, 6) is -1.22. The Kier molecular flexibility index (Phi) is 5.58. The summed E-state index contributed by atoms with van der Waals surface area (Å²) in [7, 11) is 0. The molecule has 4 amide bonds. The smallest absolute Gasteiger partial charge is 0.287 e. The van der Waals surface area contributed by atoms with E-state index in [1.165, 1.54) is 12.3 Å². The molecule has 0 unspecified atom stereocenters. The van der Waals surface area contributed by atoms with Gasteiger partial charge in [-0.3, -0.25) is 19.2 Å². The van der Waals surface area contributed by atoms with Crippen LogP contribution in [0.5, 0.6) is 5.75 Å². The SMILES string of the molecule is C[C@H]1Oc2ccc(NC(=O)CNC(=O)CNC(=O)c3ccco3)cc2NC1=O. The van der Waals surface area contributed by atoms with Crippen LogP contribution in [0.3, 0.4) is 0 Å². The van der Waals surface area contributed by atoms with Crippen molar-refractivity contribution in [2.45, 2.75) is 13.0 Å². The Balaban J connectivity index is 1.44. The zero-order chi connectivity index (χ0) is 20.1. The third-order valence-corrected chi connectivity index (χ3v) is 3.79. The van der Waals surface area contributed by atoms with E-state index in [0.29, 0.717) is 17.1 Å². The number of benzene rings is 1. The molecule has 3 rings (SSSR count). The minimum atomic E-state index is -0.587. The van der Waals surface area contributed by atoms with Crippen LogP contribution in [-0.4, -0.2) is 42.8 Å². The number of furan rings is 1. The number of hydrogen-bond donors (Lipinski definition) is 4. The topological polar surface area (TPSA) is 139 Å². The number of rotatable bonds is 6. The van der Waals surface area contributed by atoms with Gasteiger partial charge < -0.3 is 30.4 Å². The molecule has 0 radical (unpaired) electrons. The molecule has 2 heterocycles. The zero-order valence-electron chi connectivity index (χ0n) is 14.9. The van der Waals surface area contributed by atoms with E-state index in [2.05, 4.69) is 21.3 Å². The van der Waals surface area contributed by atoms with E-state index in [0.717, 1.165) is 0 Å². The van der Waals surface area contributed by atoms with Crippen molar-refractivity contribution < 1.29 is 28.3 Å². The van der Waals surface area contributed by atoms with E-state index in [-0.39, 0.29) is 24.8 Å². The fourth-order valence-electron chi connectivity index (χ4n) is 2.39. The van der Waals surface area contributed by atoms with Crippen LogP contribution in [0, 0.1) is 0 Å². The molecule has 1 aliphatic heterocycles. The Bertz CT molecular complexity index is 909. The Labute approximate surface area is 159 Å². The van der Waals surface area contributed by atoms with Crippen molar-refractivity contribution in [2.24, 2.45) is 0 Å². The second-order valence-corrected chi connectivity index (χ2v) is 5.95. The molecular formula is C18H18N4O6. The van der Waals surface area contributed by atoms with E-state index in [1.807, 2.05) is 0 Å². The van der Waals surface area contributed by atoms with Gasteiger partial charge in [0.1, 0.15) is 5.75 Å². The maximum Gasteiger partial charge on any atom is 0.287 e. The van der Waals surface area contributed by atoms with Crippen molar-refractivity contribution in [1.29, 1.82) is 0 Å². The quantitative estimate of drug-likeness (QED) is 0.570. The van der Waals surface area contributed by atoms with Crippen molar-refractivity contribution in [3.8, 4) is 5.75 Å². The first-order valence-electron chi connectivity index (χ1n) is 8.42. The number of amides is 4. The summed E-state index contributed by atoms with van der Waals surface area (Å²) in [5, 5.41) is 10.0. The highest BCUT2D eigenvalue weighted by atomic mass is 16.5. The van der Waals surface area contributed by atoms with Crippen LogP contribution in [0.4, 0.5) is 11.4 Å². The van der Waals surface area contributed by atoms with E-state index in [4.69, 9.17) is 9.15 Å². The number of anilines is 2. The molecule has 0 saturated carbocycles. The molecule has 0 fully saturated rings. The van der Waals surface area contributed by atoms with Crippen molar-refractivity contribution in [3.63, 3.8) is 0 Å². The number of ether oxygens (including phenoxy) is 1. The lowest BCUT2D eigenvalue weighted by Gasteiger charge is -2.23. The summed E-state index contributed by atoms with van der Waals surface area (Å²) >= 11 is 0. The lowest BCUT2D eigenvalue weighted by Crippen LogP contribution is -2.40. The van der Waals surface area contributed by atoms with Crippen LogP contribution >= 0.6 is 0 Å². The summed E-state index contributed by atoms with van der Waals surface area (Å²) in [6.45, 7) is 1.05. The molecule has 0 spiro atoms. The van der Waals surface area contributed by atoms with Gasteiger partial charge in [-0.2, -0.15) is 0 Å². The van der Waals surface area contributed by atoms with E-state index < -0.39 is 23.8 Å². The van der Waals surface area contributed by atoms with Gasteiger partial charge in [-0.1, -0.05) is 0 Å². The molecule has 1 atom stereocenters. The summed E-state index contributed by atoms with van der Waals surface area (Å²) < 4.78 is 10.3. The predicted octanol–water partition coefficient (Wildman–Crippen LogP) is 0.484. The van der Waals surface area contributed by atoms with E-state index in [1.54, 1.807) is 31.2 Å². The van der Waals surface area contributed by atoms with Crippen LogP contribution in [-0.2, 0) is 14.4 Å². The Morgan fingerprint density at radius 1 is 1.11 bits per heavy atom. The second-order valence-electron chi connectivity index (χ2n) is 5.95. The first-order chi connectivity index (χ1) is 13.4. The Morgan fingerprint density at radius 3 is 2.64 bits per heavy atom. The van der Waals surface area contributed by atoms with Gasteiger partial charge in [0, 0.05) is 5.69 Å². The third-order valence-electron chi connectivity index (χ3n) is 3.79. The van der Waals surface area contributed by atoms with Gasteiger partial charge in [0.2, 0.25) is 11.8 Å². The molecule has 0 bridgehead atoms. The standard InChI is InChI=1S/C18H18N4O6/c1-10-17(25)22-12-7-11(4-5-13(12)28-10)21-16(24)9-19-15(23)8-20-18(26)14-3-2-6-27-14/h2-7,10H,8-9H2,1H3,(H,19,23)(H,20,26)(H,21,24)(H,22,25)/t10-/m1/s1. The molecule has 1 aromatic carbocycles. The second kappa shape index (κ2) is 8.25. The summed E-state index contributed by atoms with van der Waals surface area (Å²) in [6, 6.07) is 7.82. The van der Waals surface area contributed by atoms with Crippen LogP contribution in [0.1, 0.15) is 17.5 Å². The monoisotopic (exact) mass is 386 g/mol. The molecule has 1 aliphatic rings. The molecule has 1 aromatic heterocycles. The highest BCUT2D eigenvalue weighted by Gasteiger charge is 2.23. The molecule has 10 heteroatoms. The normalized spacial score (nSPS) is 14.9. The third kappa shape index (κ3) is 4.67. The maximum atomic E-state index is 12.0. The minimum absolute atomic E-state index is 0.0865. The first-order valence-corrected chi connectivity index (χ1v) is 8.42. The lowest BCUT2D eigenvalue weighted by molar-refractivity contribution is -0.123. The first kappa shape index (κ1) is 19.0. The molecule has 146 valence electrons. The van der Waals surface area contributed by atoms with Crippen LogP contribution in [0.15, 0.2) is 41.0 Å². The highest BCUT2D eigenvalue weighted by Crippen LogP contribution is 2.32. The molecule has 0 saturated heterocycles. The summed E-state index contributed by atoms with van der Waals surface area (Å²) in [6.07, 6.45) is 0.759. The largest absolute Gasteiger partial charge is 0.479 e. The number of nitrogens with one attached hydrogen (secondary N) is 4. The van der Waals surface area contributed by atoms with Crippen LogP contribution in [0.2, 0.25) is 0 Å². The number of carbonyl (C=O) groups excluding carboxylic acids is 4. The summed E-state index contributed by atoms with van der Waals surface area (Å²) in [4.78, 5) is 47.0. The average molecular weight is 386 g/mol. The Morgan fingerprint density at radius 2 is 1.89 bits per heavy atom. The molecular weight excluding hydrogens is 368 g/mol. The van der Waals surface area contributed by atoms with Gasteiger partial charge in [0.15, 0.2) is 11.9 Å². The Hall–Kier alpha value is -3.82. The number of carbonyl (C=O) groups is 4. The van der Waals surface area contributed by atoms with Crippen molar-refractivity contribution in [1.82, 2.24) is 10.6 Å². The molecule has 28 heavy (non-hydrogen) atoms. The van der Waals surface area contributed by atoms with Gasteiger partial charge >= 0.3 is 0 Å². The fourth-order valence-corrected chi connectivity index (χ4v) is 2.39. The lowest BCUT2D eigenvalue weighted by atomic mass is 10.2. The highest BCUT2D eigenvalue weighted by molar-refractivity contribution is 6.00. The van der Waals surface area contributed by atoms with E-state index in [9.17, 15) is 19.2 Å². The average Bonchev–Trinajstić information content (AvgIpc) is 3.20. The van der Waals surface area contributed by atoms with Crippen LogP contribution in [0.25, 0.3) is 0 Å². The number of fused-ring (bicyclic) bond motifs is 1. The van der Waals surface area contributed by atoms with Crippen molar-refractivity contribution in [3.05, 3.63) is 42.4 Å². The van der Waals surface area contributed by atoms with Gasteiger partial charge in [-0.15, -0.1) is 0 Å². The minimum Gasteiger partial charge on any atom is -0.479 e. The fraction of sp³-hybridized carbons (Fsp3) is 0.222. The summed E-state index contributed by atoms with van der Waals surface area (Å²) in [5.41, 5.74) is 0.883. The molecule has 2 aromatic rings. The van der Waals surface area contributed by atoms with Gasteiger partial charge in [-0.05, 0) is 37.3 Å². The number of hydrogen-bond acceptors (Lipinski definition) is 6. The molecule has 10 nitrogen and oxygen atoms in total. The van der Waals surface area contributed by atoms with Gasteiger partial charge in [0.05, 0.1) is 25.0 Å². The van der Waals surface area contributed by atoms with Crippen molar-refractivity contribution >= 4 is 35.0 Å². The van der Waals surface area contributed by atoms with Crippen LogP contribution < -0.4 is 26.0 Å². The molecule has 4 N–H and O–H groups in total.